The number of carbonyl (C=O) groups excluding carboxylic acids is 1. The van der Waals surface area contributed by atoms with Gasteiger partial charge >= 0.3 is 6.09 Å². The number of likely N-dealkylation sites (tertiary alicyclic amines) is 1. The Hall–Kier alpha value is -3.37. The van der Waals surface area contributed by atoms with Crippen LogP contribution in [0.1, 0.15) is 50.3 Å². The minimum absolute atomic E-state index is 0.128. The molecule has 0 aliphatic carbocycles. The summed E-state index contributed by atoms with van der Waals surface area (Å²) in [5, 5.41) is 12.4. The maximum Gasteiger partial charge on any atom is 0.410 e. The molecule has 2 heterocycles. The second-order valence-electron chi connectivity index (χ2n) is 12.7. The summed E-state index contributed by atoms with van der Waals surface area (Å²) in [5.74, 6) is -2.31. The summed E-state index contributed by atoms with van der Waals surface area (Å²) in [4.78, 5) is 17.2. The molecule has 236 valence electrons. The standard InChI is InChI=1S/C35H42F2N2O5/c1-34(2,3)44-33(41)39-15-14-35(42-16-17-43-35)22-31(39)32(40)30(20-27-18-28(36)21-29(37)19-27)38(23-25-10-6-4-7-11-25)24-26-12-8-5-9-13-26/h4-13,18-19,21,30-32,40H,14-17,20,22-24H2,1-3H3. The fourth-order valence-electron chi connectivity index (χ4n) is 6.22. The smallest absolute Gasteiger partial charge is 0.410 e. The van der Waals surface area contributed by atoms with E-state index in [1.807, 2.05) is 60.7 Å². The molecule has 0 aromatic heterocycles. The first kappa shape index (κ1) is 32.0. The number of aliphatic hydroxyl groups excluding tert-OH is 1. The quantitative estimate of drug-likeness (QED) is 0.318. The Morgan fingerprint density at radius 1 is 0.955 bits per heavy atom. The monoisotopic (exact) mass is 608 g/mol. The average molecular weight is 609 g/mol. The van der Waals surface area contributed by atoms with Gasteiger partial charge in [0.1, 0.15) is 17.2 Å². The highest BCUT2D eigenvalue weighted by molar-refractivity contribution is 5.69. The summed E-state index contributed by atoms with van der Waals surface area (Å²) < 4.78 is 46.7. The number of hydrogen-bond acceptors (Lipinski definition) is 6. The molecule has 3 atom stereocenters. The first-order valence-electron chi connectivity index (χ1n) is 15.2. The van der Waals surface area contributed by atoms with Gasteiger partial charge in [0, 0.05) is 44.6 Å². The highest BCUT2D eigenvalue weighted by Gasteiger charge is 2.50. The molecule has 2 fully saturated rings. The number of ether oxygens (including phenoxy) is 3. The number of nitrogens with zero attached hydrogens (tertiary/aromatic N) is 2. The fourth-order valence-corrected chi connectivity index (χ4v) is 6.22. The van der Waals surface area contributed by atoms with Crippen molar-refractivity contribution < 1.29 is 32.9 Å². The number of halogens is 2. The van der Waals surface area contributed by atoms with Crippen molar-refractivity contribution in [2.24, 2.45) is 0 Å². The molecule has 3 aromatic carbocycles. The van der Waals surface area contributed by atoms with E-state index in [0.717, 1.165) is 17.2 Å². The van der Waals surface area contributed by atoms with Crippen LogP contribution in [0.15, 0.2) is 78.9 Å². The summed E-state index contributed by atoms with van der Waals surface area (Å²) in [6, 6.07) is 21.7. The normalized spacial score (nSPS) is 19.7. The molecule has 1 spiro atoms. The number of aliphatic hydroxyl groups is 1. The van der Waals surface area contributed by atoms with Crippen LogP contribution in [0, 0.1) is 11.6 Å². The van der Waals surface area contributed by atoms with Gasteiger partial charge < -0.3 is 24.2 Å². The van der Waals surface area contributed by atoms with Gasteiger partial charge in [-0.15, -0.1) is 0 Å². The van der Waals surface area contributed by atoms with Gasteiger partial charge in [-0.05, 0) is 56.0 Å². The van der Waals surface area contributed by atoms with Crippen molar-refractivity contribution in [2.75, 3.05) is 19.8 Å². The number of carbonyl (C=O) groups is 1. The third kappa shape index (κ3) is 8.21. The van der Waals surface area contributed by atoms with Crippen LogP contribution >= 0.6 is 0 Å². The molecular weight excluding hydrogens is 566 g/mol. The largest absolute Gasteiger partial charge is 0.444 e. The van der Waals surface area contributed by atoms with Crippen LogP contribution in [0.4, 0.5) is 13.6 Å². The fraction of sp³-hybridized carbons (Fsp3) is 0.457. The van der Waals surface area contributed by atoms with Crippen LogP contribution in [-0.4, -0.2) is 70.3 Å². The Morgan fingerprint density at radius 3 is 2.02 bits per heavy atom. The lowest BCUT2D eigenvalue weighted by Crippen LogP contribution is -2.62. The molecule has 9 heteroatoms. The molecule has 5 rings (SSSR count). The molecule has 1 N–H and O–H groups in total. The van der Waals surface area contributed by atoms with Gasteiger partial charge in [-0.25, -0.2) is 13.6 Å². The number of hydrogen-bond donors (Lipinski definition) is 1. The molecule has 3 aromatic rings. The van der Waals surface area contributed by atoms with E-state index in [0.29, 0.717) is 38.3 Å². The summed E-state index contributed by atoms with van der Waals surface area (Å²) >= 11 is 0. The van der Waals surface area contributed by atoms with Gasteiger partial charge in [0.05, 0.1) is 25.4 Å². The zero-order valence-electron chi connectivity index (χ0n) is 25.6. The molecule has 3 unspecified atom stereocenters. The van der Waals surface area contributed by atoms with Crippen LogP contribution in [0.2, 0.25) is 0 Å². The van der Waals surface area contributed by atoms with Crippen molar-refractivity contribution in [3.63, 3.8) is 0 Å². The van der Waals surface area contributed by atoms with Crippen LogP contribution in [-0.2, 0) is 33.7 Å². The maximum absolute atomic E-state index is 14.4. The lowest BCUT2D eigenvalue weighted by Gasteiger charge is -2.48. The number of amides is 1. The van der Waals surface area contributed by atoms with Gasteiger partial charge in [0.25, 0.3) is 0 Å². The van der Waals surface area contributed by atoms with Crippen molar-refractivity contribution in [3.05, 3.63) is 107 Å². The lowest BCUT2D eigenvalue weighted by molar-refractivity contribution is -0.205. The molecule has 2 aliphatic rings. The highest BCUT2D eigenvalue weighted by Crippen LogP contribution is 2.38. The molecule has 1 amide bonds. The van der Waals surface area contributed by atoms with E-state index < -0.39 is 47.3 Å². The maximum atomic E-state index is 14.4. The predicted octanol–water partition coefficient (Wildman–Crippen LogP) is 6.08. The Kier molecular flexibility index (Phi) is 10.00. The van der Waals surface area contributed by atoms with E-state index in [1.165, 1.54) is 12.1 Å². The zero-order valence-corrected chi connectivity index (χ0v) is 25.6. The van der Waals surface area contributed by atoms with Gasteiger partial charge in [0.15, 0.2) is 5.79 Å². The third-order valence-corrected chi connectivity index (χ3v) is 8.18. The lowest BCUT2D eigenvalue weighted by atomic mass is 9.86. The van der Waals surface area contributed by atoms with Crippen molar-refractivity contribution in [3.8, 4) is 0 Å². The minimum atomic E-state index is -1.16. The SMILES string of the molecule is CC(C)(C)OC(=O)N1CCC2(CC1C(O)C(Cc1cc(F)cc(F)c1)N(Cc1ccccc1)Cc1ccccc1)OCCO2. The zero-order chi connectivity index (χ0) is 31.3. The van der Waals surface area contributed by atoms with E-state index in [1.54, 1.807) is 25.7 Å². The van der Waals surface area contributed by atoms with Crippen LogP contribution in [0.25, 0.3) is 0 Å². The number of rotatable bonds is 9. The van der Waals surface area contributed by atoms with Gasteiger partial charge in [-0.1, -0.05) is 60.7 Å². The molecule has 0 radical (unpaired) electrons. The molecule has 2 aliphatic heterocycles. The molecule has 7 nitrogen and oxygen atoms in total. The van der Waals surface area contributed by atoms with Crippen molar-refractivity contribution >= 4 is 6.09 Å². The summed E-state index contributed by atoms with van der Waals surface area (Å²) in [5.41, 5.74) is 1.68. The second kappa shape index (κ2) is 13.7. The first-order valence-corrected chi connectivity index (χ1v) is 15.2. The van der Waals surface area contributed by atoms with Gasteiger partial charge in [0.2, 0.25) is 0 Å². The van der Waals surface area contributed by atoms with E-state index in [4.69, 9.17) is 14.2 Å². The van der Waals surface area contributed by atoms with E-state index in [2.05, 4.69) is 4.90 Å². The van der Waals surface area contributed by atoms with E-state index in [9.17, 15) is 18.7 Å². The topological polar surface area (TPSA) is 71.5 Å². The molecule has 2 saturated heterocycles. The van der Waals surface area contributed by atoms with Crippen molar-refractivity contribution in [1.29, 1.82) is 0 Å². The third-order valence-electron chi connectivity index (χ3n) is 8.18. The first-order chi connectivity index (χ1) is 21.0. The van der Waals surface area contributed by atoms with Gasteiger partial charge in [-0.3, -0.25) is 4.90 Å². The Bertz CT molecular complexity index is 1320. The minimum Gasteiger partial charge on any atom is -0.444 e. The van der Waals surface area contributed by atoms with Crippen LogP contribution < -0.4 is 0 Å². The summed E-state index contributed by atoms with van der Waals surface area (Å²) in [6.07, 6.45) is -0.907. The Morgan fingerprint density at radius 2 is 1.50 bits per heavy atom. The Labute approximate surface area is 258 Å². The van der Waals surface area contributed by atoms with E-state index >= 15 is 0 Å². The van der Waals surface area contributed by atoms with Crippen molar-refractivity contribution in [2.45, 2.75) is 82.7 Å². The van der Waals surface area contributed by atoms with E-state index in [-0.39, 0.29) is 19.4 Å². The number of piperidine rings is 1. The molecule has 0 bridgehead atoms. The number of benzene rings is 3. The summed E-state index contributed by atoms with van der Waals surface area (Å²) in [7, 11) is 0. The summed E-state index contributed by atoms with van der Waals surface area (Å²) in [6.45, 7) is 7.41. The Balaban J connectivity index is 1.56. The second-order valence-corrected chi connectivity index (χ2v) is 12.7. The molecule has 0 saturated carbocycles. The predicted molar refractivity (Wildman–Crippen MR) is 163 cm³/mol. The van der Waals surface area contributed by atoms with Crippen LogP contribution in [0.3, 0.4) is 0 Å². The average Bonchev–Trinajstić information content (AvgIpc) is 3.42. The van der Waals surface area contributed by atoms with Crippen molar-refractivity contribution in [1.82, 2.24) is 9.80 Å². The van der Waals surface area contributed by atoms with Crippen LogP contribution in [0.5, 0.6) is 0 Å². The highest BCUT2D eigenvalue weighted by atomic mass is 19.1. The van der Waals surface area contributed by atoms with Gasteiger partial charge in [-0.2, -0.15) is 0 Å². The molecule has 44 heavy (non-hydrogen) atoms. The molecular formula is C35H42F2N2O5.